The maximum absolute atomic E-state index is 10.8. The zero-order valence-electron chi connectivity index (χ0n) is 7.48. The number of carbonyl (C=O) groups is 1. The van der Waals surface area contributed by atoms with Crippen LogP contribution in [-0.4, -0.2) is 17.2 Å². The SMILES string of the molecule is CCC(=O)NCCC(C)(C)S. The first kappa shape index (κ1) is 10.8. The molecule has 0 aliphatic heterocycles. The van der Waals surface area contributed by atoms with E-state index < -0.39 is 0 Å². The molecule has 0 radical (unpaired) electrons. The van der Waals surface area contributed by atoms with Gasteiger partial charge >= 0.3 is 0 Å². The highest BCUT2D eigenvalue weighted by atomic mass is 32.1. The van der Waals surface area contributed by atoms with E-state index in [9.17, 15) is 4.79 Å². The second kappa shape index (κ2) is 4.65. The Labute approximate surface area is 74.2 Å². The summed E-state index contributed by atoms with van der Waals surface area (Å²) in [6.07, 6.45) is 1.47. The van der Waals surface area contributed by atoms with Crippen LogP contribution in [0.1, 0.15) is 33.6 Å². The Morgan fingerprint density at radius 2 is 2.09 bits per heavy atom. The third kappa shape index (κ3) is 7.72. The molecule has 0 bridgehead atoms. The van der Waals surface area contributed by atoms with Gasteiger partial charge in [0, 0.05) is 17.7 Å². The zero-order chi connectivity index (χ0) is 8.91. The molecule has 2 nitrogen and oxygen atoms in total. The molecule has 1 N–H and O–H groups in total. The molecule has 66 valence electrons. The van der Waals surface area contributed by atoms with Crippen molar-refractivity contribution in [2.24, 2.45) is 0 Å². The lowest BCUT2D eigenvalue weighted by molar-refractivity contribution is -0.120. The van der Waals surface area contributed by atoms with Crippen molar-refractivity contribution in [1.82, 2.24) is 5.32 Å². The molecule has 0 aliphatic rings. The van der Waals surface area contributed by atoms with Gasteiger partial charge < -0.3 is 5.32 Å². The number of carbonyl (C=O) groups excluding carboxylic acids is 1. The molecule has 1 amide bonds. The van der Waals surface area contributed by atoms with E-state index in [1.807, 2.05) is 20.8 Å². The van der Waals surface area contributed by atoms with Crippen molar-refractivity contribution >= 4 is 18.5 Å². The van der Waals surface area contributed by atoms with Crippen molar-refractivity contribution in [3.63, 3.8) is 0 Å². The normalized spacial score (nSPS) is 11.3. The summed E-state index contributed by atoms with van der Waals surface area (Å²) in [6.45, 7) is 6.65. The largest absolute Gasteiger partial charge is 0.356 e. The zero-order valence-corrected chi connectivity index (χ0v) is 8.37. The lowest BCUT2D eigenvalue weighted by atomic mass is 10.1. The minimum atomic E-state index is 0.0149. The van der Waals surface area contributed by atoms with Crippen LogP contribution in [0.15, 0.2) is 0 Å². The van der Waals surface area contributed by atoms with Gasteiger partial charge in [-0.05, 0) is 6.42 Å². The number of amides is 1. The minimum Gasteiger partial charge on any atom is -0.356 e. The molecule has 0 aromatic carbocycles. The quantitative estimate of drug-likeness (QED) is 0.625. The summed E-state index contributed by atoms with van der Waals surface area (Å²) in [5, 5.41) is 2.80. The topological polar surface area (TPSA) is 29.1 Å². The van der Waals surface area contributed by atoms with Gasteiger partial charge in [-0.25, -0.2) is 0 Å². The molecular weight excluding hydrogens is 158 g/mol. The molecule has 11 heavy (non-hydrogen) atoms. The predicted molar refractivity (Wildman–Crippen MR) is 51.0 cm³/mol. The van der Waals surface area contributed by atoms with Crippen LogP contribution in [0.25, 0.3) is 0 Å². The molecule has 0 heterocycles. The van der Waals surface area contributed by atoms with Gasteiger partial charge in [-0.3, -0.25) is 4.79 Å². The van der Waals surface area contributed by atoms with Crippen molar-refractivity contribution in [3.05, 3.63) is 0 Å². The highest BCUT2D eigenvalue weighted by Crippen LogP contribution is 2.15. The first-order chi connectivity index (χ1) is 4.95. The lowest BCUT2D eigenvalue weighted by Crippen LogP contribution is -2.27. The molecular formula is C8H17NOS. The number of hydrogen-bond donors (Lipinski definition) is 2. The third-order valence-corrected chi connectivity index (χ3v) is 1.60. The van der Waals surface area contributed by atoms with Crippen LogP contribution in [0, 0.1) is 0 Å². The van der Waals surface area contributed by atoms with Gasteiger partial charge in [-0.1, -0.05) is 20.8 Å². The highest BCUT2D eigenvalue weighted by molar-refractivity contribution is 7.81. The van der Waals surface area contributed by atoms with Gasteiger partial charge in [-0.2, -0.15) is 12.6 Å². The van der Waals surface area contributed by atoms with E-state index in [0.717, 1.165) is 13.0 Å². The van der Waals surface area contributed by atoms with Gasteiger partial charge in [0.2, 0.25) is 5.91 Å². The molecule has 3 heteroatoms. The Morgan fingerprint density at radius 3 is 2.45 bits per heavy atom. The van der Waals surface area contributed by atoms with Crippen molar-refractivity contribution in [2.75, 3.05) is 6.54 Å². The van der Waals surface area contributed by atoms with Gasteiger partial charge in [0.1, 0.15) is 0 Å². The number of rotatable bonds is 4. The lowest BCUT2D eigenvalue weighted by Gasteiger charge is -2.16. The van der Waals surface area contributed by atoms with Crippen LogP contribution in [0.5, 0.6) is 0 Å². The maximum Gasteiger partial charge on any atom is 0.219 e. The van der Waals surface area contributed by atoms with Crippen LogP contribution in [0.2, 0.25) is 0 Å². The predicted octanol–water partition coefficient (Wildman–Crippen LogP) is 1.61. The first-order valence-corrected chi connectivity index (χ1v) is 4.39. The van der Waals surface area contributed by atoms with Crippen LogP contribution < -0.4 is 5.32 Å². The average Bonchev–Trinajstić information content (AvgIpc) is 1.85. The average molecular weight is 175 g/mol. The monoisotopic (exact) mass is 175 g/mol. The Balaban J connectivity index is 3.35. The molecule has 0 atom stereocenters. The van der Waals surface area contributed by atoms with Crippen molar-refractivity contribution in [1.29, 1.82) is 0 Å². The summed E-state index contributed by atoms with van der Waals surface area (Å²) in [7, 11) is 0. The van der Waals surface area contributed by atoms with Gasteiger partial charge in [0.15, 0.2) is 0 Å². The molecule has 0 aromatic heterocycles. The summed E-state index contributed by atoms with van der Waals surface area (Å²) >= 11 is 4.34. The smallest absolute Gasteiger partial charge is 0.219 e. The third-order valence-electron chi connectivity index (χ3n) is 1.38. The fourth-order valence-corrected chi connectivity index (χ4v) is 0.745. The Hall–Kier alpha value is -0.180. The van der Waals surface area contributed by atoms with E-state index in [0.29, 0.717) is 6.42 Å². The second-order valence-electron chi connectivity index (χ2n) is 3.27. The van der Waals surface area contributed by atoms with Crippen LogP contribution in [0.4, 0.5) is 0 Å². The van der Waals surface area contributed by atoms with E-state index in [1.165, 1.54) is 0 Å². The molecule has 0 saturated heterocycles. The van der Waals surface area contributed by atoms with E-state index >= 15 is 0 Å². The van der Waals surface area contributed by atoms with E-state index in [1.54, 1.807) is 0 Å². The molecule has 0 aliphatic carbocycles. The summed E-state index contributed by atoms with van der Waals surface area (Å²) < 4.78 is 0.0149. The van der Waals surface area contributed by atoms with E-state index in [-0.39, 0.29) is 10.7 Å². The van der Waals surface area contributed by atoms with Crippen LogP contribution in [-0.2, 0) is 4.79 Å². The summed E-state index contributed by atoms with van der Waals surface area (Å²) in [5.74, 6) is 0.114. The highest BCUT2D eigenvalue weighted by Gasteiger charge is 2.10. The molecule has 0 fully saturated rings. The van der Waals surface area contributed by atoms with Gasteiger partial charge in [0.05, 0.1) is 0 Å². The number of thiol groups is 1. The standard InChI is InChI=1S/C8H17NOS/c1-4-7(10)9-6-5-8(2,3)11/h11H,4-6H2,1-3H3,(H,9,10). The Kier molecular flexibility index (Phi) is 4.57. The van der Waals surface area contributed by atoms with Crippen molar-refractivity contribution < 1.29 is 4.79 Å². The van der Waals surface area contributed by atoms with E-state index in [2.05, 4.69) is 17.9 Å². The van der Waals surface area contributed by atoms with Crippen LogP contribution in [0.3, 0.4) is 0 Å². The second-order valence-corrected chi connectivity index (χ2v) is 4.48. The molecule has 0 saturated carbocycles. The molecule has 0 aromatic rings. The summed E-state index contributed by atoms with van der Waals surface area (Å²) in [4.78, 5) is 10.8. The van der Waals surface area contributed by atoms with Crippen molar-refractivity contribution in [2.45, 2.75) is 38.4 Å². The summed E-state index contributed by atoms with van der Waals surface area (Å²) in [6, 6.07) is 0. The molecule has 0 rings (SSSR count). The van der Waals surface area contributed by atoms with Crippen LogP contribution >= 0.6 is 12.6 Å². The van der Waals surface area contributed by atoms with Gasteiger partial charge in [0.25, 0.3) is 0 Å². The van der Waals surface area contributed by atoms with Gasteiger partial charge in [-0.15, -0.1) is 0 Å². The van der Waals surface area contributed by atoms with E-state index in [4.69, 9.17) is 0 Å². The maximum atomic E-state index is 10.8. The number of nitrogens with one attached hydrogen (secondary N) is 1. The minimum absolute atomic E-state index is 0.0149. The molecule has 0 spiro atoms. The van der Waals surface area contributed by atoms with Crippen molar-refractivity contribution in [3.8, 4) is 0 Å². The summed E-state index contributed by atoms with van der Waals surface area (Å²) in [5.41, 5.74) is 0. The fourth-order valence-electron chi connectivity index (χ4n) is 0.633. The molecule has 0 unspecified atom stereocenters. The first-order valence-electron chi connectivity index (χ1n) is 3.95. The fraction of sp³-hybridized carbons (Fsp3) is 0.875. The Bertz CT molecular complexity index is 129. The number of hydrogen-bond acceptors (Lipinski definition) is 2. The Morgan fingerprint density at radius 1 is 1.55 bits per heavy atom.